The molecule has 0 spiro atoms. The van der Waals surface area contributed by atoms with Crippen LogP contribution in [0.25, 0.3) is 0 Å². The van der Waals surface area contributed by atoms with Crippen LogP contribution in [0, 0.1) is 0 Å². The van der Waals surface area contributed by atoms with Crippen LogP contribution in [0.5, 0.6) is 5.75 Å². The number of halogens is 3. The lowest BCUT2D eigenvalue weighted by Crippen LogP contribution is -2.40. The Balaban J connectivity index is 2.05. The first-order chi connectivity index (χ1) is 9.57. The molecule has 0 unspecified atom stereocenters. The van der Waals surface area contributed by atoms with Gasteiger partial charge in [-0.25, -0.2) is 0 Å². The second-order valence-electron chi connectivity index (χ2n) is 6.40. The van der Waals surface area contributed by atoms with Crippen molar-refractivity contribution in [2.45, 2.75) is 45.0 Å². The van der Waals surface area contributed by atoms with Gasteiger partial charge in [-0.3, -0.25) is 4.90 Å². The van der Waals surface area contributed by atoms with Crippen molar-refractivity contribution < 1.29 is 17.9 Å². The molecule has 0 radical (unpaired) electrons. The van der Waals surface area contributed by atoms with Crippen LogP contribution in [0.15, 0.2) is 18.2 Å². The van der Waals surface area contributed by atoms with Crippen LogP contribution in [0.4, 0.5) is 18.9 Å². The molecule has 3 nitrogen and oxygen atoms in total. The van der Waals surface area contributed by atoms with Gasteiger partial charge >= 0.3 is 6.18 Å². The average molecular weight is 302 g/mol. The number of likely N-dealkylation sites (tertiary alicyclic amines) is 1. The highest BCUT2D eigenvalue weighted by Gasteiger charge is 2.33. The van der Waals surface area contributed by atoms with Gasteiger partial charge in [0, 0.05) is 18.6 Å². The Labute approximate surface area is 122 Å². The zero-order chi connectivity index (χ0) is 15.8. The van der Waals surface area contributed by atoms with E-state index in [1.807, 2.05) is 0 Å². The zero-order valence-electron chi connectivity index (χ0n) is 12.5. The minimum Gasteiger partial charge on any atom is -0.487 e. The lowest BCUT2D eigenvalue weighted by molar-refractivity contribution is -0.137. The SMILES string of the molecule is CC(C)(C)N1CC[C@@H](Oc2ccc(C(F)(F)F)cc2N)C1. The Morgan fingerprint density at radius 2 is 1.90 bits per heavy atom. The summed E-state index contributed by atoms with van der Waals surface area (Å²) in [4.78, 5) is 2.29. The van der Waals surface area contributed by atoms with Crippen LogP contribution in [-0.2, 0) is 6.18 Å². The predicted octanol–water partition coefficient (Wildman–Crippen LogP) is 3.54. The largest absolute Gasteiger partial charge is 0.487 e. The van der Waals surface area contributed by atoms with Crippen molar-refractivity contribution in [1.82, 2.24) is 4.90 Å². The van der Waals surface area contributed by atoms with Crippen molar-refractivity contribution in [2.75, 3.05) is 18.8 Å². The highest BCUT2D eigenvalue weighted by Crippen LogP contribution is 2.34. The van der Waals surface area contributed by atoms with Crippen LogP contribution in [0.2, 0.25) is 0 Å². The van der Waals surface area contributed by atoms with E-state index in [2.05, 4.69) is 25.7 Å². The Hall–Kier alpha value is -1.43. The van der Waals surface area contributed by atoms with Gasteiger partial charge in [-0.15, -0.1) is 0 Å². The first-order valence-electron chi connectivity index (χ1n) is 6.96. The second kappa shape index (κ2) is 5.40. The molecule has 1 fully saturated rings. The Bertz CT molecular complexity index is 509. The van der Waals surface area contributed by atoms with E-state index in [1.54, 1.807) is 0 Å². The smallest absolute Gasteiger partial charge is 0.416 e. The topological polar surface area (TPSA) is 38.5 Å². The van der Waals surface area contributed by atoms with E-state index in [0.717, 1.165) is 31.6 Å². The third-order valence-electron chi connectivity index (χ3n) is 3.72. The zero-order valence-corrected chi connectivity index (χ0v) is 12.5. The van der Waals surface area contributed by atoms with Crippen LogP contribution >= 0.6 is 0 Å². The highest BCUT2D eigenvalue weighted by molar-refractivity contribution is 5.54. The number of nitrogens with two attached hydrogens (primary N) is 1. The van der Waals surface area contributed by atoms with E-state index >= 15 is 0 Å². The molecule has 2 N–H and O–H groups in total. The molecule has 1 heterocycles. The van der Waals surface area contributed by atoms with Gasteiger partial charge in [0.25, 0.3) is 0 Å². The van der Waals surface area contributed by atoms with Gasteiger partial charge in [0.2, 0.25) is 0 Å². The maximum absolute atomic E-state index is 12.6. The van der Waals surface area contributed by atoms with E-state index in [4.69, 9.17) is 10.5 Å². The van der Waals surface area contributed by atoms with Gasteiger partial charge in [0.1, 0.15) is 11.9 Å². The van der Waals surface area contributed by atoms with Gasteiger partial charge < -0.3 is 10.5 Å². The van der Waals surface area contributed by atoms with Gasteiger partial charge in [-0.1, -0.05) is 0 Å². The summed E-state index contributed by atoms with van der Waals surface area (Å²) in [6.45, 7) is 8.05. The fraction of sp³-hybridized carbons (Fsp3) is 0.600. The molecule has 0 amide bonds. The number of ether oxygens (including phenoxy) is 1. The molecule has 0 aromatic heterocycles. The van der Waals surface area contributed by atoms with Crippen molar-refractivity contribution >= 4 is 5.69 Å². The van der Waals surface area contributed by atoms with Crippen LogP contribution in [0.3, 0.4) is 0 Å². The normalized spacial score (nSPS) is 20.8. The molecular formula is C15H21F3N2O. The fourth-order valence-corrected chi connectivity index (χ4v) is 2.45. The van der Waals surface area contributed by atoms with E-state index in [0.29, 0.717) is 5.75 Å². The summed E-state index contributed by atoms with van der Waals surface area (Å²) in [5.41, 5.74) is 5.01. The Kier molecular flexibility index (Phi) is 4.10. The summed E-state index contributed by atoms with van der Waals surface area (Å²) in [6, 6.07) is 3.23. The summed E-state index contributed by atoms with van der Waals surface area (Å²) < 4.78 is 43.5. The van der Waals surface area contributed by atoms with Gasteiger partial charge in [0.15, 0.2) is 0 Å². The molecule has 1 saturated heterocycles. The monoisotopic (exact) mass is 302 g/mol. The molecule has 118 valence electrons. The lowest BCUT2D eigenvalue weighted by Gasteiger charge is -2.31. The predicted molar refractivity (Wildman–Crippen MR) is 76.2 cm³/mol. The third kappa shape index (κ3) is 3.81. The average Bonchev–Trinajstić information content (AvgIpc) is 2.78. The number of nitrogens with zero attached hydrogens (tertiary/aromatic N) is 1. The van der Waals surface area contributed by atoms with Gasteiger partial charge in [-0.05, 0) is 45.4 Å². The summed E-state index contributed by atoms with van der Waals surface area (Å²) in [5.74, 6) is 0.323. The Morgan fingerprint density at radius 3 is 2.38 bits per heavy atom. The van der Waals surface area contributed by atoms with Crippen molar-refractivity contribution in [3.05, 3.63) is 23.8 Å². The Morgan fingerprint density at radius 1 is 1.24 bits per heavy atom. The van der Waals surface area contributed by atoms with E-state index in [-0.39, 0.29) is 17.3 Å². The van der Waals surface area contributed by atoms with Crippen molar-refractivity contribution in [1.29, 1.82) is 0 Å². The number of alkyl halides is 3. The van der Waals surface area contributed by atoms with Crippen molar-refractivity contribution in [2.24, 2.45) is 0 Å². The number of benzene rings is 1. The summed E-state index contributed by atoms with van der Waals surface area (Å²) in [6.07, 6.45) is -3.58. The molecule has 21 heavy (non-hydrogen) atoms. The molecule has 2 rings (SSSR count). The molecule has 1 aliphatic rings. The molecule has 1 aliphatic heterocycles. The highest BCUT2D eigenvalue weighted by atomic mass is 19.4. The number of nitrogen functional groups attached to an aromatic ring is 1. The van der Waals surface area contributed by atoms with Crippen LogP contribution < -0.4 is 10.5 Å². The number of hydrogen-bond acceptors (Lipinski definition) is 3. The minimum absolute atomic E-state index is 0.0269. The number of hydrogen-bond donors (Lipinski definition) is 1. The second-order valence-corrected chi connectivity index (χ2v) is 6.40. The van der Waals surface area contributed by atoms with Gasteiger partial charge in [0.05, 0.1) is 11.3 Å². The first-order valence-corrected chi connectivity index (χ1v) is 6.96. The van der Waals surface area contributed by atoms with Gasteiger partial charge in [-0.2, -0.15) is 13.2 Å². The molecule has 1 aromatic carbocycles. The first kappa shape index (κ1) is 15.9. The molecule has 0 saturated carbocycles. The van der Waals surface area contributed by atoms with Crippen molar-refractivity contribution in [3.63, 3.8) is 0 Å². The third-order valence-corrected chi connectivity index (χ3v) is 3.72. The summed E-state index contributed by atoms with van der Waals surface area (Å²) >= 11 is 0. The molecule has 1 atom stereocenters. The number of anilines is 1. The van der Waals surface area contributed by atoms with Crippen LogP contribution in [-0.4, -0.2) is 29.6 Å². The molecule has 1 aromatic rings. The molecule has 0 bridgehead atoms. The van der Waals surface area contributed by atoms with Crippen LogP contribution in [0.1, 0.15) is 32.8 Å². The van der Waals surface area contributed by atoms with E-state index < -0.39 is 11.7 Å². The lowest BCUT2D eigenvalue weighted by atomic mass is 10.1. The standard InChI is InChI=1S/C15H21F3N2O/c1-14(2,3)20-7-6-11(9-20)21-13-5-4-10(8-12(13)19)15(16,17)18/h4-5,8,11H,6-7,9,19H2,1-3H3/t11-/m1/s1. The van der Waals surface area contributed by atoms with E-state index in [9.17, 15) is 13.2 Å². The summed E-state index contributed by atoms with van der Waals surface area (Å²) in [5, 5.41) is 0. The molecule has 6 heteroatoms. The molecule has 0 aliphatic carbocycles. The van der Waals surface area contributed by atoms with E-state index in [1.165, 1.54) is 6.07 Å². The maximum Gasteiger partial charge on any atom is 0.416 e. The van der Waals surface area contributed by atoms with Crippen molar-refractivity contribution in [3.8, 4) is 5.75 Å². The summed E-state index contributed by atoms with van der Waals surface area (Å²) in [7, 11) is 0. The molecular weight excluding hydrogens is 281 g/mol. The number of rotatable bonds is 2. The minimum atomic E-state index is -4.39. The quantitative estimate of drug-likeness (QED) is 0.849. The fourth-order valence-electron chi connectivity index (χ4n) is 2.45. The maximum atomic E-state index is 12.6.